The zero-order valence-corrected chi connectivity index (χ0v) is 12.5. The quantitative estimate of drug-likeness (QED) is 0.664. The molecule has 0 saturated carbocycles. The molecule has 0 aliphatic carbocycles. The van der Waals surface area contributed by atoms with Crippen LogP contribution in [0.1, 0.15) is 18.5 Å². The van der Waals surface area contributed by atoms with E-state index in [9.17, 15) is 14.7 Å². The first kappa shape index (κ1) is 16.4. The van der Waals surface area contributed by atoms with Crippen molar-refractivity contribution in [2.24, 2.45) is 11.1 Å². The van der Waals surface area contributed by atoms with Crippen molar-refractivity contribution in [1.82, 2.24) is 15.2 Å². The maximum absolute atomic E-state index is 12.4. The molecule has 1 aliphatic heterocycles. The maximum Gasteiger partial charge on any atom is 0.236 e. The highest BCUT2D eigenvalue weighted by Crippen LogP contribution is 2.31. The van der Waals surface area contributed by atoms with E-state index in [4.69, 9.17) is 5.73 Å². The van der Waals surface area contributed by atoms with E-state index < -0.39 is 5.41 Å². The normalized spacial score (nSPS) is 17.1. The van der Waals surface area contributed by atoms with Gasteiger partial charge in [0.2, 0.25) is 11.8 Å². The first-order valence-corrected chi connectivity index (χ1v) is 7.38. The van der Waals surface area contributed by atoms with E-state index in [2.05, 4.69) is 10.3 Å². The highest BCUT2D eigenvalue weighted by atomic mass is 16.3. The number of pyridine rings is 1. The number of nitrogens with zero attached hydrogens (tertiary/aromatic N) is 2. The Morgan fingerprint density at radius 2 is 2.09 bits per heavy atom. The number of aliphatic hydroxyl groups is 1. The van der Waals surface area contributed by atoms with Gasteiger partial charge in [-0.1, -0.05) is 6.07 Å². The van der Waals surface area contributed by atoms with Gasteiger partial charge in [0.15, 0.2) is 0 Å². The number of carbonyl (C=O) groups excluding carboxylic acids is 2. The molecule has 1 aliphatic rings. The van der Waals surface area contributed by atoms with Crippen molar-refractivity contribution in [3.63, 3.8) is 0 Å². The molecule has 0 unspecified atom stereocenters. The van der Waals surface area contributed by atoms with Crippen LogP contribution in [0.5, 0.6) is 0 Å². The third kappa shape index (κ3) is 3.61. The molecule has 1 aromatic rings. The monoisotopic (exact) mass is 306 g/mol. The molecule has 0 atom stereocenters. The molecule has 22 heavy (non-hydrogen) atoms. The smallest absolute Gasteiger partial charge is 0.236 e. The topological polar surface area (TPSA) is 109 Å². The second-order valence-electron chi connectivity index (χ2n) is 5.53. The largest absolute Gasteiger partial charge is 0.395 e. The number of aliphatic hydroxyl groups excluding tert-OH is 1. The molecule has 0 radical (unpaired) electrons. The zero-order valence-electron chi connectivity index (χ0n) is 12.5. The van der Waals surface area contributed by atoms with Crippen molar-refractivity contribution in [3.05, 3.63) is 30.1 Å². The van der Waals surface area contributed by atoms with Crippen molar-refractivity contribution >= 4 is 11.8 Å². The van der Waals surface area contributed by atoms with E-state index >= 15 is 0 Å². The highest BCUT2D eigenvalue weighted by molar-refractivity contribution is 5.83. The number of piperidine rings is 1. The second-order valence-corrected chi connectivity index (χ2v) is 5.53. The fraction of sp³-hybridized carbons (Fsp3) is 0.533. The molecule has 2 heterocycles. The van der Waals surface area contributed by atoms with E-state index in [1.165, 1.54) is 0 Å². The minimum absolute atomic E-state index is 0.0298. The van der Waals surface area contributed by atoms with Gasteiger partial charge in [0, 0.05) is 19.3 Å². The van der Waals surface area contributed by atoms with Crippen LogP contribution in [0.4, 0.5) is 0 Å². The molecule has 2 rings (SSSR count). The van der Waals surface area contributed by atoms with Crippen LogP contribution < -0.4 is 11.1 Å². The Balaban J connectivity index is 1.93. The lowest BCUT2D eigenvalue weighted by atomic mass is 9.78. The minimum atomic E-state index is -0.833. The fourth-order valence-electron chi connectivity index (χ4n) is 2.63. The first-order chi connectivity index (χ1) is 10.6. The fourth-order valence-corrected chi connectivity index (χ4v) is 2.63. The molecule has 120 valence electrons. The molecule has 0 spiro atoms. The Morgan fingerprint density at radius 3 is 2.64 bits per heavy atom. The summed E-state index contributed by atoms with van der Waals surface area (Å²) in [6, 6.07) is 5.49. The van der Waals surface area contributed by atoms with Crippen LogP contribution in [0, 0.1) is 5.41 Å². The first-order valence-electron chi connectivity index (χ1n) is 7.38. The van der Waals surface area contributed by atoms with Crippen molar-refractivity contribution in [2.45, 2.75) is 19.4 Å². The molecule has 1 aromatic heterocycles. The lowest BCUT2D eigenvalue weighted by Gasteiger charge is -2.39. The number of nitrogens with two attached hydrogens (primary N) is 1. The van der Waals surface area contributed by atoms with Gasteiger partial charge in [-0.05, 0) is 25.0 Å². The van der Waals surface area contributed by atoms with E-state index in [-0.39, 0.29) is 25.0 Å². The van der Waals surface area contributed by atoms with E-state index in [0.29, 0.717) is 32.5 Å². The molecule has 0 bridgehead atoms. The van der Waals surface area contributed by atoms with Crippen LogP contribution in [0.2, 0.25) is 0 Å². The number of hydrogen-bond donors (Lipinski definition) is 3. The van der Waals surface area contributed by atoms with Gasteiger partial charge >= 0.3 is 0 Å². The predicted octanol–water partition coefficient (Wildman–Crippen LogP) is -0.742. The van der Waals surface area contributed by atoms with Gasteiger partial charge in [-0.25, -0.2) is 0 Å². The number of likely N-dealkylation sites (tertiary alicyclic amines) is 1. The molecule has 1 fully saturated rings. The van der Waals surface area contributed by atoms with Crippen molar-refractivity contribution in [2.75, 3.05) is 26.2 Å². The van der Waals surface area contributed by atoms with Crippen LogP contribution in [-0.4, -0.2) is 53.0 Å². The van der Waals surface area contributed by atoms with Crippen molar-refractivity contribution < 1.29 is 14.7 Å². The standard InChI is InChI=1S/C15H22N4O3/c16-9-13(21)19-7-4-15(11-20,5-8-19)14(22)18-10-12-3-1-2-6-17-12/h1-3,6,20H,4-5,7-11,16H2,(H,18,22). The molecular weight excluding hydrogens is 284 g/mol. The minimum Gasteiger partial charge on any atom is -0.395 e. The zero-order chi connectivity index (χ0) is 16.0. The lowest BCUT2D eigenvalue weighted by Crippen LogP contribution is -2.52. The average molecular weight is 306 g/mol. The molecule has 7 heteroatoms. The molecular formula is C15H22N4O3. The SMILES string of the molecule is NCC(=O)N1CCC(CO)(C(=O)NCc2ccccn2)CC1. The summed E-state index contributed by atoms with van der Waals surface area (Å²) in [6.07, 6.45) is 2.53. The Morgan fingerprint density at radius 1 is 1.36 bits per heavy atom. The Labute approximate surface area is 129 Å². The summed E-state index contributed by atoms with van der Waals surface area (Å²) in [5, 5.41) is 12.5. The van der Waals surface area contributed by atoms with Crippen LogP contribution in [0.3, 0.4) is 0 Å². The maximum atomic E-state index is 12.4. The third-order valence-corrected chi connectivity index (χ3v) is 4.19. The van der Waals surface area contributed by atoms with Gasteiger partial charge < -0.3 is 21.1 Å². The second kappa shape index (κ2) is 7.33. The van der Waals surface area contributed by atoms with Crippen molar-refractivity contribution in [3.8, 4) is 0 Å². The van der Waals surface area contributed by atoms with Gasteiger partial charge in [0.1, 0.15) is 0 Å². The summed E-state index contributed by atoms with van der Waals surface area (Å²) in [7, 11) is 0. The molecule has 4 N–H and O–H groups in total. The number of amides is 2. The number of hydrogen-bond acceptors (Lipinski definition) is 5. The number of nitrogens with one attached hydrogen (secondary N) is 1. The van der Waals surface area contributed by atoms with Crippen LogP contribution in [-0.2, 0) is 16.1 Å². The number of rotatable bonds is 5. The highest BCUT2D eigenvalue weighted by Gasteiger charge is 2.41. The molecule has 1 saturated heterocycles. The molecule has 0 aromatic carbocycles. The van der Waals surface area contributed by atoms with Crippen LogP contribution in [0.25, 0.3) is 0 Å². The Bertz CT molecular complexity index is 513. The average Bonchev–Trinajstić information content (AvgIpc) is 2.59. The van der Waals surface area contributed by atoms with Gasteiger partial charge in [0.25, 0.3) is 0 Å². The molecule has 2 amide bonds. The Hall–Kier alpha value is -1.99. The van der Waals surface area contributed by atoms with Gasteiger partial charge in [-0.15, -0.1) is 0 Å². The van der Waals surface area contributed by atoms with Gasteiger partial charge in [0.05, 0.1) is 30.8 Å². The summed E-state index contributed by atoms with van der Waals surface area (Å²) in [5.41, 5.74) is 5.28. The number of carbonyl (C=O) groups is 2. The summed E-state index contributed by atoms with van der Waals surface area (Å²) in [5.74, 6) is -0.319. The molecule has 7 nitrogen and oxygen atoms in total. The summed E-state index contributed by atoms with van der Waals surface area (Å²) < 4.78 is 0. The lowest BCUT2D eigenvalue weighted by molar-refractivity contribution is -0.142. The van der Waals surface area contributed by atoms with Crippen molar-refractivity contribution in [1.29, 1.82) is 0 Å². The number of aromatic nitrogens is 1. The summed E-state index contributed by atoms with van der Waals surface area (Å²) in [4.78, 5) is 29.8. The van der Waals surface area contributed by atoms with Crippen LogP contribution in [0.15, 0.2) is 24.4 Å². The predicted molar refractivity (Wildman–Crippen MR) is 80.5 cm³/mol. The Kier molecular flexibility index (Phi) is 5.46. The van der Waals surface area contributed by atoms with Gasteiger partial charge in [-0.3, -0.25) is 14.6 Å². The summed E-state index contributed by atoms with van der Waals surface area (Å²) >= 11 is 0. The van der Waals surface area contributed by atoms with E-state index in [1.807, 2.05) is 18.2 Å². The van der Waals surface area contributed by atoms with Crippen LogP contribution >= 0.6 is 0 Å². The third-order valence-electron chi connectivity index (χ3n) is 4.19. The van der Waals surface area contributed by atoms with E-state index in [0.717, 1.165) is 5.69 Å². The van der Waals surface area contributed by atoms with E-state index in [1.54, 1.807) is 11.1 Å². The van der Waals surface area contributed by atoms with Gasteiger partial charge in [-0.2, -0.15) is 0 Å². The summed E-state index contributed by atoms with van der Waals surface area (Å²) in [6.45, 7) is 0.942.